The van der Waals surface area contributed by atoms with Gasteiger partial charge < -0.3 is 9.32 Å². The number of hydrogen-bond acceptors (Lipinski definition) is 2. The molecule has 1 aliphatic carbocycles. The van der Waals surface area contributed by atoms with Crippen LogP contribution < -0.4 is 21.5 Å². The third kappa shape index (κ3) is 5.33. The first-order valence-electron chi connectivity index (χ1n) is 15.8. The highest BCUT2D eigenvalue weighted by molar-refractivity contribution is 6.97. The molecule has 43 heavy (non-hydrogen) atoms. The third-order valence-corrected chi connectivity index (χ3v) is 9.14. The molecule has 0 saturated heterocycles. The summed E-state index contributed by atoms with van der Waals surface area (Å²) in [5.74, 6) is 0.971. The van der Waals surface area contributed by atoms with Crippen molar-refractivity contribution < 1.29 is 4.42 Å². The van der Waals surface area contributed by atoms with Crippen LogP contribution in [0.15, 0.2) is 88.9 Å². The van der Waals surface area contributed by atoms with Crippen LogP contribution in [0.4, 0.5) is 17.1 Å². The molecule has 2 heterocycles. The highest BCUT2D eigenvalue weighted by atomic mass is 16.3. The highest BCUT2D eigenvalue weighted by Gasteiger charge is 2.41. The van der Waals surface area contributed by atoms with Gasteiger partial charge in [0.25, 0.3) is 6.71 Å². The van der Waals surface area contributed by atoms with E-state index in [-0.39, 0.29) is 23.0 Å². The van der Waals surface area contributed by atoms with Crippen LogP contribution in [-0.2, 0) is 17.3 Å². The van der Waals surface area contributed by atoms with Gasteiger partial charge in [-0.1, -0.05) is 128 Å². The Morgan fingerprint density at radius 3 is 2.07 bits per heavy atom. The summed E-state index contributed by atoms with van der Waals surface area (Å²) in [5.41, 5.74) is 13.9. The number of anilines is 3. The molecular formula is C40H46BNO. The fourth-order valence-corrected chi connectivity index (χ4v) is 6.52. The predicted octanol–water partition coefficient (Wildman–Crippen LogP) is 9.02. The fourth-order valence-electron chi connectivity index (χ4n) is 6.52. The van der Waals surface area contributed by atoms with Crippen molar-refractivity contribution in [2.45, 2.75) is 86.5 Å². The molecule has 0 unspecified atom stereocenters. The topological polar surface area (TPSA) is 16.4 Å². The Labute approximate surface area is 259 Å². The van der Waals surface area contributed by atoms with Crippen LogP contribution >= 0.6 is 0 Å². The van der Waals surface area contributed by atoms with Gasteiger partial charge in [-0.05, 0) is 81.6 Å². The minimum absolute atomic E-state index is 0.00407. The Morgan fingerprint density at radius 2 is 1.42 bits per heavy atom. The second kappa shape index (κ2) is 10.2. The van der Waals surface area contributed by atoms with Gasteiger partial charge in [-0.25, -0.2) is 0 Å². The maximum atomic E-state index is 7.02. The Kier molecular flexibility index (Phi) is 6.96. The molecule has 0 atom stereocenters. The molecule has 0 spiro atoms. The van der Waals surface area contributed by atoms with Crippen LogP contribution in [0.1, 0.15) is 90.3 Å². The molecule has 4 aromatic rings. The largest absolute Gasteiger partial charge is 0.468 e. The average Bonchev–Trinajstić information content (AvgIpc) is 3.13. The summed E-state index contributed by atoms with van der Waals surface area (Å²) in [4.78, 5) is 2.47. The second-order valence-electron chi connectivity index (χ2n) is 15.6. The van der Waals surface area contributed by atoms with E-state index in [0.29, 0.717) is 0 Å². The molecule has 0 bridgehead atoms. The van der Waals surface area contributed by atoms with E-state index < -0.39 is 0 Å². The van der Waals surface area contributed by atoms with Crippen molar-refractivity contribution in [3.8, 4) is 0 Å². The van der Waals surface area contributed by atoms with Crippen LogP contribution in [0.3, 0.4) is 0 Å². The van der Waals surface area contributed by atoms with E-state index in [1.54, 1.807) is 0 Å². The molecule has 0 saturated carbocycles. The lowest BCUT2D eigenvalue weighted by Crippen LogP contribution is -2.57. The van der Waals surface area contributed by atoms with Crippen molar-refractivity contribution in [2.24, 2.45) is 5.41 Å². The zero-order valence-corrected chi connectivity index (χ0v) is 27.7. The first-order chi connectivity index (χ1) is 20.1. The fraction of sp³-hybridized carbons (Fsp3) is 0.350. The minimum atomic E-state index is 0.00407. The van der Waals surface area contributed by atoms with Crippen molar-refractivity contribution in [2.75, 3.05) is 4.90 Å². The van der Waals surface area contributed by atoms with Gasteiger partial charge >= 0.3 is 0 Å². The maximum Gasteiger partial charge on any atom is 0.292 e. The van der Waals surface area contributed by atoms with E-state index in [1.165, 1.54) is 55.8 Å². The van der Waals surface area contributed by atoms with Gasteiger partial charge in [0, 0.05) is 16.9 Å². The first kappa shape index (κ1) is 29.4. The number of fused-ring (bicyclic) bond motifs is 4. The van der Waals surface area contributed by atoms with Gasteiger partial charge in [0.05, 0.1) is 11.3 Å². The standard InChI is InChI=1S/C40H46BNO/c1-26-14-22-33-34(24-26)42(31-19-15-27(16-20-31)38(2,3)4)36-32-21-17-28(39(5,6)7)18-23-35(32)43-37(36)41(33)30-13-11-12-29(25-30)40(8,9)10/h11-20,22-25H,21H2,1-10H3. The molecule has 0 amide bonds. The number of hydrogen-bond donors (Lipinski definition) is 0. The maximum absolute atomic E-state index is 7.02. The third-order valence-electron chi connectivity index (χ3n) is 9.14. The highest BCUT2D eigenvalue weighted by Crippen LogP contribution is 2.43. The summed E-state index contributed by atoms with van der Waals surface area (Å²) in [5, 5.41) is 0. The van der Waals surface area contributed by atoms with Crippen molar-refractivity contribution in [3.63, 3.8) is 0 Å². The van der Waals surface area contributed by atoms with Crippen molar-refractivity contribution >= 4 is 46.4 Å². The molecule has 3 aromatic carbocycles. The lowest BCUT2D eigenvalue weighted by atomic mass is 9.37. The number of nitrogens with zero attached hydrogens (tertiary/aromatic N) is 1. The molecule has 1 aliphatic heterocycles. The second-order valence-corrected chi connectivity index (χ2v) is 15.6. The Hall–Kier alpha value is -3.72. The quantitative estimate of drug-likeness (QED) is 0.198. The Bertz CT molecular complexity index is 1750. The van der Waals surface area contributed by atoms with Gasteiger partial charge in [-0.3, -0.25) is 0 Å². The lowest BCUT2D eigenvalue weighted by Gasteiger charge is -2.35. The van der Waals surface area contributed by atoms with Gasteiger partial charge in [-0.2, -0.15) is 0 Å². The minimum Gasteiger partial charge on any atom is -0.468 e. The molecule has 2 nitrogen and oxygen atoms in total. The van der Waals surface area contributed by atoms with E-state index in [0.717, 1.165) is 17.8 Å². The lowest BCUT2D eigenvalue weighted by molar-refractivity contribution is 0.516. The van der Waals surface area contributed by atoms with E-state index in [9.17, 15) is 0 Å². The SMILES string of the molecule is Cc1ccc2c(c1)N(c1ccc(C(C)(C)C)cc1)c1c(oc3c1CC=C(C(C)(C)C)C=C3)B2c1cccc(C(C)(C)C)c1. The van der Waals surface area contributed by atoms with Gasteiger partial charge in [0.15, 0.2) is 0 Å². The van der Waals surface area contributed by atoms with E-state index in [4.69, 9.17) is 4.42 Å². The molecule has 220 valence electrons. The number of rotatable bonds is 2. The summed E-state index contributed by atoms with van der Waals surface area (Å²) >= 11 is 0. The molecule has 6 rings (SSSR count). The van der Waals surface area contributed by atoms with Crippen LogP contribution in [0.25, 0.3) is 6.08 Å². The van der Waals surface area contributed by atoms with Crippen molar-refractivity contribution in [3.05, 3.63) is 112 Å². The predicted molar refractivity (Wildman–Crippen MR) is 187 cm³/mol. The smallest absolute Gasteiger partial charge is 0.292 e. The Morgan fingerprint density at radius 1 is 0.721 bits per heavy atom. The Balaban J connectivity index is 1.63. The number of allylic oxidation sites excluding steroid dienone is 3. The summed E-state index contributed by atoms with van der Waals surface area (Å²) in [6.45, 7) is 22.7. The molecule has 0 N–H and O–H groups in total. The average molecular weight is 568 g/mol. The molecular weight excluding hydrogens is 521 g/mol. The van der Waals surface area contributed by atoms with Crippen LogP contribution in [-0.4, -0.2) is 6.71 Å². The van der Waals surface area contributed by atoms with Gasteiger partial charge in [0.2, 0.25) is 0 Å². The number of furan rings is 1. The number of benzene rings is 3. The molecule has 0 fully saturated rings. The number of aryl methyl sites for hydroxylation is 1. The van der Waals surface area contributed by atoms with Crippen molar-refractivity contribution in [1.29, 1.82) is 0 Å². The van der Waals surface area contributed by atoms with Gasteiger partial charge in [-0.15, -0.1) is 0 Å². The molecule has 3 heteroatoms. The molecule has 2 aliphatic rings. The van der Waals surface area contributed by atoms with Crippen LogP contribution in [0.2, 0.25) is 0 Å². The molecule has 1 aromatic heterocycles. The monoisotopic (exact) mass is 567 g/mol. The zero-order chi connectivity index (χ0) is 30.9. The van der Waals surface area contributed by atoms with Crippen LogP contribution in [0, 0.1) is 12.3 Å². The van der Waals surface area contributed by atoms with E-state index in [2.05, 4.69) is 159 Å². The van der Waals surface area contributed by atoms with Gasteiger partial charge in [0.1, 0.15) is 5.76 Å². The van der Waals surface area contributed by atoms with Crippen molar-refractivity contribution in [1.82, 2.24) is 0 Å². The zero-order valence-electron chi connectivity index (χ0n) is 27.7. The summed E-state index contributed by atoms with van der Waals surface area (Å²) in [6, 6.07) is 25.2. The molecule has 0 radical (unpaired) electrons. The summed E-state index contributed by atoms with van der Waals surface area (Å²) < 4.78 is 7.02. The summed E-state index contributed by atoms with van der Waals surface area (Å²) in [6.07, 6.45) is 7.70. The first-order valence-corrected chi connectivity index (χ1v) is 15.8. The van der Waals surface area contributed by atoms with E-state index in [1.807, 2.05) is 0 Å². The van der Waals surface area contributed by atoms with Crippen LogP contribution in [0.5, 0.6) is 0 Å². The summed E-state index contributed by atoms with van der Waals surface area (Å²) in [7, 11) is 0. The normalized spacial score (nSPS) is 15.1. The van der Waals surface area contributed by atoms with E-state index >= 15 is 0 Å².